The van der Waals surface area contributed by atoms with Crippen molar-refractivity contribution in [1.82, 2.24) is 9.38 Å². The molecule has 0 bridgehead atoms. The van der Waals surface area contributed by atoms with Crippen LogP contribution in [0.25, 0.3) is 5.52 Å². The van der Waals surface area contributed by atoms with E-state index in [0.717, 1.165) is 12.3 Å². The molecule has 1 aliphatic rings. The van der Waals surface area contributed by atoms with Crippen molar-refractivity contribution in [3.8, 4) is 0 Å². The van der Waals surface area contributed by atoms with Gasteiger partial charge in [0, 0.05) is 12.6 Å². The van der Waals surface area contributed by atoms with Crippen LogP contribution in [0.3, 0.4) is 0 Å². The molecule has 0 unspecified atom stereocenters. The number of aromatic nitrogens is 2. The minimum absolute atomic E-state index is 0.836. The number of pyridine rings is 1. The molecular formula is C14H18N2S. The Morgan fingerprint density at radius 2 is 2.24 bits per heavy atom. The molecule has 0 N–H and O–H groups in total. The maximum atomic E-state index is 4.61. The van der Waals surface area contributed by atoms with E-state index in [1.165, 1.54) is 41.3 Å². The summed E-state index contributed by atoms with van der Waals surface area (Å²) in [4.78, 5) is 4.61. The van der Waals surface area contributed by atoms with Crippen LogP contribution in [0.4, 0.5) is 0 Å². The minimum atomic E-state index is 0.836. The van der Waals surface area contributed by atoms with Gasteiger partial charge in [0.25, 0.3) is 0 Å². The van der Waals surface area contributed by atoms with E-state index < -0.39 is 0 Å². The summed E-state index contributed by atoms with van der Waals surface area (Å²) in [7, 11) is 0. The topological polar surface area (TPSA) is 17.3 Å². The first kappa shape index (κ1) is 11.1. The summed E-state index contributed by atoms with van der Waals surface area (Å²) < 4.78 is 2.26. The zero-order chi connectivity index (χ0) is 11.7. The molecule has 1 saturated heterocycles. The number of fused-ring (bicyclic) bond motifs is 1. The quantitative estimate of drug-likeness (QED) is 0.808. The highest BCUT2D eigenvalue weighted by Crippen LogP contribution is 2.26. The summed E-state index contributed by atoms with van der Waals surface area (Å²) in [5, 5.41) is 0. The van der Waals surface area contributed by atoms with E-state index >= 15 is 0 Å². The molecule has 1 aliphatic heterocycles. The first-order chi connectivity index (χ1) is 8.34. The van der Waals surface area contributed by atoms with E-state index in [1.807, 2.05) is 6.20 Å². The van der Waals surface area contributed by atoms with Crippen molar-refractivity contribution in [2.75, 3.05) is 11.5 Å². The van der Waals surface area contributed by atoms with Gasteiger partial charge < -0.3 is 4.40 Å². The van der Waals surface area contributed by atoms with Gasteiger partial charge in [-0.3, -0.25) is 0 Å². The lowest BCUT2D eigenvalue weighted by molar-refractivity contribution is 0.475. The molecule has 3 rings (SSSR count). The van der Waals surface area contributed by atoms with Gasteiger partial charge in [-0.2, -0.15) is 11.8 Å². The molecule has 90 valence electrons. The van der Waals surface area contributed by atoms with Crippen LogP contribution >= 0.6 is 11.8 Å². The molecule has 0 aliphatic carbocycles. The average molecular weight is 246 g/mol. The Bertz CT molecular complexity index is 512. The SMILES string of the molecule is Cc1cccn2c(CC3CCSCC3)ncc12. The Morgan fingerprint density at radius 1 is 1.41 bits per heavy atom. The highest BCUT2D eigenvalue weighted by Gasteiger charge is 2.16. The molecular weight excluding hydrogens is 228 g/mol. The van der Waals surface area contributed by atoms with Gasteiger partial charge in [0.2, 0.25) is 0 Å². The fourth-order valence-electron chi connectivity index (χ4n) is 2.58. The fourth-order valence-corrected chi connectivity index (χ4v) is 3.78. The number of hydrogen-bond donors (Lipinski definition) is 0. The summed E-state index contributed by atoms with van der Waals surface area (Å²) >= 11 is 2.09. The molecule has 2 aromatic rings. The Labute approximate surface area is 106 Å². The Morgan fingerprint density at radius 3 is 3.06 bits per heavy atom. The summed E-state index contributed by atoms with van der Waals surface area (Å²) in [6.07, 6.45) is 8.00. The van der Waals surface area contributed by atoms with E-state index in [0.29, 0.717) is 0 Å². The van der Waals surface area contributed by atoms with Gasteiger partial charge in [0.1, 0.15) is 5.82 Å². The predicted molar refractivity (Wildman–Crippen MR) is 73.7 cm³/mol. The lowest BCUT2D eigenvalue weighted by Gasteiger charge is -2.20. The normalized spacial score (nSPS) is 17.7. The van der Waals surface area contributed by atoms with Crippen molar-refractivity contribution in [3.05, 3.63) is 35.9 Å². The van der Waals surface area contributed by atoms with Crippen LogP contribution in [-0.4, -0.2) is 20.9 Å². The number of thioether (sulfide) groups is 1. The standard InChI is InChI=1S/C14H18N2S/c1-11-3-2-6-16-13(11)10-15-14(16)9-12-4-7-17-8-5-12/h2-3,6,10,12H,4-5,7-9H2,1H3. The number of rotatable bonds is 2. The molecule has 0 amide bonds. The zero-order valence-electron chi connectivity index (χ0n) is 10.2. The third kappa shape index (κ3) is 2.21. The largest absolute Gasteiger partial charge is 0.303 e. The third-order valence-electron chi connectivity index (χ3n) is 3.67. The van der Waals surface area contributed by atoms with Crippen molar-refractivity contribution in [2.45, 2.75) is 26.2 Å². The Kier molecular flexibility index (Phi) is 3.10. The van der Waals surface area contributed by atoms with Gasteiger partial charge in [-0.1, -0.05) is 6.07 Å². The van der Waals surface area contributed by atoms with Crippen molar-refractivity contribution < 1.29 is 0 Å². The van der Waals surface area contributed by atoms with E-state index in [4.69, 9.17) is 0 Å². The van der Waals surface area contributed by atoms with Gasteiger partial charge in [-0.15, -0.1) is 0 Å². The zero-order valence-corrected chi connectivity index (χ0v) is 11.0. The van der Waals surface area contributed by atoms with Crippen molar-refractivity contribution in [1.29, 1.82) is 0 Å². The second kappa shape index (κ2) is 4.73. The van der Waals surface area contributed by atoms with Crippen molar-refractivity contribution in [3.63, 3.8) is 0 Å². The summed E-state index contributed by atoms with van der Waals surface area (Å²) in [6.45, 7) is 2.15. The van der Waals surface area contributed by atoms with Crippen LogP contribution in [-0.2, 0) is 6.42 Å². The first-order valence-corrected chi connectivity index (χ1v) is 7.49. The van der Waals surface area contributed by atoms with Crippen LogP contribution in [0.2, 0.25) is 0 Å². The van der Waals surface area contributed by atoms with Gasteiger partial charge in [0.15, 0.2) is 0 Å². The molecule has 0 aromatic carbocycles. The smallest absolute Gasteiger partial charge is 0.113 e. The molecule has 2 aromatic heterocycles. The first-order valence-electron chi connectivity index (χ1n) is 6.34. The second-order valence-corrected chi connectivity index (χ2v) is 6.11. The number of hydrogen-bond acceptors (Lipinski definition) is 2. The molecule has 0 atom stereocenters. The molecule has 3 heterocycles. The predicted octanol–water partition coefficient (Wildman–Crippen LogP) is 3.33. The maximum absolute atomic E-state index is 4.61. The average Bonchev–Trinajstić information content (AvgIpc) is 2.76. The highest BCUT2D eigenvalue weighted by atomic mass is 32.2. The molecule has 0 saturated carbocycles. The Balaban J connectivity index is 1.87. The minimum Gasteiger partial charge on any atom is -0.303 e. The third-order valence-corrected chi connectivity index (χ3v) is 4.72. The van der Waals surface area contributed by atoms with E-state index in [9.17, 15) is 0 Å². The number of nitrogens with zero attached hydrogens (tertiary/aromatic N) is 2. The second-order valence-electron chi connectivity index (χ2n) is 4.88. The van der Waals surface area contributed by atoms with Gasteiger partial charge >= 0.3 is 0 Å². The van der Waals surface area contributed by atoms with Gasteiger partial charge in [0.05, 0.1) is 11.7 Å². The number of imidazole rings is 1. The van der Waals surface area contributed by atoms with Crippen molar-refractivity contribution >= 4 is 17.3 Å². The lowest BCUT2D eigenvalue weighted by atomic mass is 9.98. The van der Waals surface area contributed by atoms with Gasteiger partial charge in [-0.05, 0) is 48.8 Å². The van der Waals surface area contributed by atoms with Gasteiger partial charge in [-0.25, -0.2) is 4.98 Å². The molecule has 2 nitrogen and oxygen atoms in total. The lowest BCUT2D eigenvalue weighted by Crippen LogP contribution is -2.13. The monoisotopic (exact) mass is 246 g/mol. The Hall–Kier alpha value is -0.960. The summed E-state index contributed by atoms with van der Waals surface area (Å²) in [5.74, 6) is 4.72. The van der Waals surface area contributed by atoms with Crippen LogP contribution in [0.1, 0.15) is 24.2 Å². The van der Waals surface area contributed by atoms with E-state index in [2.05, 4.69) is 46.4 Å². The van der Waals surface area contributed by atoms with Crippen LogP contribution in [0.5, 0.6) is 0 Å². The van der Waals surface area contributed by atoms with Crippen LogP contribution in [0, 0.1) is 12.8 Å². The van der Waals surface area contributed by atoms with E-state index in [-0.39, 0.29) is 0 Å². The molecule has 0 radical (unpaired) electrons. The van der Waals surface area contributed by atoms with Crippen molar-refractivity contribution in [2.24, 2.45) is 5.92 Å². The highest BCUT2D eigenvalue weighted by molar-refractivity contribution is 7.99. The summed E-state index contributed by atoms with van der Waals surface area (Å²) in [6, 6.07) is 4.27. The van der Waals surface area contributed by atoms with Crippen LogP contribution in [0.15, 0.2) is 24.5 Å². The molecule has 3 heteroatoms. The fraction of sp³-hybridized carbons (Fsp3) is 0.500. The molecule has 0 spiro atoms. The maximum Gasteiger partial charge on any atom is 0.113 e. The van der Waals surface area contributed by atoms with Crippen LogP contribution < -0.4 is 0 Å². The molecule has 1 fully saturated rings. The van der Waals surface area contributed by atoms with E-state index in [1.54, 1.807) is 0 Å². The summed E-state index contributed by atoms with van der Waals surface area (Å²) in [5.41, 5.74) is 2.57. The number of aryl methyl sites for hydroxylation is 1. The molecule has 17 heavy (non-hydrogen) atoms.